The highest BCUT2D eigenvalue weighted by atomic mass is 32.2. The fraction of sp³-hybridized carbons (Fsp3) is 0.679. The molecule has 4 aliphatic rings. The third kappa shape index (κ3) is 5.09. The van der Waals surface area contributed by atoms with Gasteiger partial charge in [-0.2, -0.15) is 11.8 Å². The van der Waals surface area contributed by atoms with Gasteiger partial charge in [0.1, 0.15) is 18.7 Å². The van der Waals surface area contributed by atoms with Gasteiger partial charge in [-0.1, -0.05) is 32.4 Å². The van der Waals surface area contributed by atoms with Crippen LogP contribution >= 0.6 is 11.8 Å². The van der Waals surface area contributed by atoms with Gasteiger partial charge in [0.15, 0.2) is 5.78 Å². The van der Waals surface area contributed by atoms with E-state index in [9.17, 15) is 14.4 Å². The molecule has 8 heteroatoms. The highest BCUT2D eigenvalue weighted by Gasteiger charge is 2.53. The number of benzene rings is 1. The summed E-state index contributed by atoms with van der Waals surface area (Å²) in [4.78, 5) is 43.8. The molecule has 1 aliphatic carbocycles. The Bertz CT molecular complexity index is 974. The molecule has 1 aromatic carbocycles. The smallest absolute Gasteiger partial charge is 0.251 e. The summed E-state index contributed by atoms with van der Waals surface area (Å²) in [7, 11) is 0. The lowest BCUT2D eigenvalue weighted by atomic mass is 9.89. The van der Waals surface area contributed by atoms with Crippen molar-refractivity contribution in [3.63, 3.8) is 0 Å². The van der Waals surface area contributed by atoms with Crippen LogP contribution < -0.4 is 5.32 Å². The summed E-state index contributed by atoms with van der Waals surface area (Å²) >= 11 is 1.62. The number of ketones is 1. The molecule has 0 bridgehead atoms. The molecular formula is C28H39N3O4S. The molecule has 0 spiro atoms. The Morgan fingerprint density at radius 2 is 1.83 bits per heavy atom. The largest absolute Gasteiger partial charge is 0.367 e. The van der Waals surface area contributed by atoms with Gasteiger partial charge < -0.3 is 19.9 Å². The second-order valence-corrected chi connectivity index (χ2v) is 12.0. The number of fused-ring (bicyclic) bond motifs is 1. The first-order valence-corrected chi connectivity index (χ1v) is 14.8. The Balaban J connectivity index is 1.24. The van der Waals surface area contributed by atoms with E-state index in [0.29, 0.717) is 18.0 Å². The average molecular weight is 514 g/mol. The van der Waals surface area contributed by atoms with Gasteiger partial charge in [0.05, 0.1) is 11.4 Å². The van der Waals surface area contributed by atoms with Crippen LogP contribution in [0.5, 0.6) is 0 Å². The topological polar surface area (TPSA) is 79.0 Å². The first-order chi connectivity index (χ1) is 17.4. The molecule has 196 valence electrons. The maximum Gasteiger partial charge on any atom is 0.251 e. The molecule has 3 aliphatic heterocycles. The van der Waals surface area contributed by atoms with E-state index in [1.54, 1.807) is 16.7 Å². The van der Waals surface area contributed by atoms with E-state index in [1.807, 2.05) is 32.2 Å². The van der Waals surface area contributed by atoms with E-state index in [4.69, 9.17) is 4.74 Å². The molecule has 1 saturated carbocycles. The Kier molecular flexibility index (Phi) is 7.75. The van der Waals surface area contributed by atoms with Crippen molar-refractivity contribution in [3.8, 4) is 0 Å². The number of likely N-dealkylation sites (tertiary alicyclic amines) is 2. The van der Waals surface area contributed by atoms with Crippen LogP contribution in [0.3, 0.4) is 0 Å². The number of hydrogen-bond acceptors (Lipinski definition) is 6. The Morgan fingerprint density at radius 1 is 1.14 bits per heavy atom. The minimum Gasteiger partial charge on any atom is -0.367 e. The lowest BCUT2D eigenvalue weighted by molar-refractivity contribution is -0.139. The summed E-state index contributed by atoms with van der Waals surface area (Å²) in [6.45, 7) is 6.86. The average Bonchev–Trinajstić information content (AvgIpc) is 3.60. The molecule has 5 rings (SSSR count). The van der Waals surface area contributed by atoms with Crippen LogP contribution in [-0.4, -0.2) is 89.4 Å². The summed E-state index contributed by atoms with van der Waals surface area (Å²) in [6, 6.07) is 7.55. The molecule has 1 N–H and O–H groups in total. The summed E-state index contributed by atoms with van der Waals surface area (Å²) in [5.41, 5.74) is 1.86. The van der Waals surface area contributed by atoms with Crippen molar-refractivity contribution in [1.82, 2.24) is 15.1 Å². The number of carbonyl (C=O) groups is 3. The SMILES string of the molecule is CC[C@H](C)[C@H](NC(=O)c1ccc(C2CCN(C3CC3)CC2)cc1)C(=O)N1C[C@H](SC)[C@H]2OCC(=O)[C@H]21. The second-order valence-electron chi connectivity index (χ2n) is 11.0. The zero-order valence-electron chi connectivity index (χ0n) is 21.7. The Morgan fingerprint density at radius 3 is 2.44 bits per heavy atom. The highest BCUT2D eigenvalue weighted by Crippen LogP contribution is 2.35. The fourth-order valence-corrected chi connectivity index (χ4v) is 6.88. The van der Waals surface area contributed by atoms with Gasteiger partial charge in [0.2, 0.25) is 5.91 Å². The van der Waals surface area contributed by atoms with Gasteiger partial charge in [-0.15, -0.1) is 0 Å². The normalized spacial score (nSPS) is 28.7. The minimum absolute atomic E-state index is 0.0438. The van der Waals surface area contributed by atoms with Crippen molar-refractivity contribution >= 4 is 29.4 Å². The van der Waals surface area contributed by atoms with Crippen LogP contribution in [0.25, 0.3) is 0 Å². The number of hydrogen-bond donors (Lipinski definition) is 1. The van der Waals surface area contributed by atoms with Gasteiger partial charge in [-0.05, 0) is 74.6 Å². The molecule has 7 nitrogen and oxygen atoms in total. The van der Waals surface area contributed by atoms with Crippen LogP contribution in [0, 0.1) is 5.92 Å². The van der Waals surface area contributed by atoms with Crippen molar-refractivity contribution in [2.24, 2.45) is 5.92 Å². The maximum atomic E-state index is 13.7. The van der Waals surface area contributed by atoms with Crippen LogP contribution in [0.2, 0.25) is 0 Å². The lowest BCUT2D eigenvalue weighted by Crippen LogP contribution is -2.54. The van der Waals surface area contributed by atoms with E-state index in [2.05, 4.69) is 22.3 Å². The predicted octanol–water partition coefficient (Wildman–Crippen LogP) is 3.08. The van der Waals surface area contributed by atoms with E-state index < -0.39 is 12.1 Å². The van der Waals surface area contributed by atoms with E-state index >= 15 is 0 Å². The molecule has 0 unspecified atom stereocenters. The van der Waals surface area contributed by atoms with Crippen LogP contribution in [-0.2, 0) is 14.3 Å². The van der Waals surface area contributed by atoms with Crippen molar-refractivity contribution in [2.45, 2.75) is 81.3 Å². The number of nitrogens with one attached hydrogen (secondary N) is 1. The summed E-state index contributed by atoms with van der Waals surface area (Å²) in [5.74, 6) is 0.0292. The van der Waals surface area contributed by atoms with E-state index in [-0.39, 0.29) is 41.5 Å². The number of thioether (sulfide) groups is 1. The summed E-state index contributed by atoms with van der Waals surface area (Å²) < 4.78 is 5.72. The zero-order valence-corrected chi connectivity index (χ0v) is 22.5. The van der Waals surface area contributed by atoms with Gasteiger partial charge in [-0.3, -0.25) is 14.4 Å². The number of amides is 2. The molecule has 0 radical (unpaired) electrons. The van der Waals surface area contributed by atoms with Crippen molar-refractivity contribution in [2.75, 3.05) is 32.5 Å². The molecule has 2 amide bonds. The Hall–Kier alpha value is -1.90. The standard InChI is InChI=1S/C28H39N3O4S/c1-4-17(2)24(28(34)31-15-23(36-3)26-25(31)22(32)16-35-26)29-27(33)20-7-5-18(6-8-20)19-11-13-30(14-12-19)21-9-10-21/h5-8,17,19,21,23-26H,4,9-16H2,1-3H3,(H,29,33)/t17-,23-,24-,25+,26+/m0/s1. The lowest BCUT2D eigenvalue weighted by Gasteiger charge is -2.32. The molecule has 3 heterocycles. The van der Waals surface area contributed by atoms with Crippen molar-refractivity contribution in [3.05, 3.63) is 35.4 Å². The monoisotopic (exact) mass is 513 g/mol. The first kappa shape index (κ1) is 25.7. The molecule has 0 aromatic heterocycles. The molecule has 36 heavy (non-hydrogen) atoms. The van der Waals surface area contributed by atoms with Gasteiger partial charge in [0, 0.05) is 18.2 Å². The van der Waals surface area contributed by atoms with Gasteiger partial charge >= 0.3 is 0 Å². The number of piperidine rings is 1. The van der Waals surface area contributed by atoms with Crippen molar-refractivity contribution < 1.29 is 19.1 Å². The Labute approximate surface area is 218 Å². The molecule has 4 fully saturated rings. The van der Waals surface area contributed by atoms with Crippen molar-refractivity contribution in [1.29, 1.82) is 0 Å². The van der Waals surface area contributed by atoms with Gasteiger partial charge in [0.25, 0.3) is 5.91 Å². The van der Waals surface area contributed by atoms with Gasteiger partial charge in [-0.25, -0.2) is 0 Å². The number of Topliss-reactive ketones (excluding diaryl/α,β-unsaturated/α-hetero) is 1. The fourth-order valence-electron chi connectivity index (χ4n) is 6.08. The van der Waals surface area contributed by atoms with E-state index in [1.165, 1.54) is 44.3 Å². The third-order valence-electron chi connectivity index (χ3n) is 8.73. The summed E-state index contributed by atoms with van der Waals surface area (Å²) in [5, 5.41) is 3.09. The summed E-state index contributed by atoms with van der Waals surface area (Å²) in [6.07, 6.45) is 7.52. The minimum atomic E-state index is -0.677. The molecule has 5 atom stereocenters. The third-order valence-corrected chi connectivity index (χ3v) is 9.75. The van der Waals surface area contributed by atoms with Crippen LogP contribution in [0.15, 0.2) is 24.3 Å². The van der Waals surface area contributed by atoms with Crippen LogP contribution in [0.4, 0.5) is 0 Å². The number of nitrogens with zero attached hydrogens (tertiary/aromatic N) is 2. The quantitative estimate of drug-likeness (QED) is 0.576. The number of rotatable bonds is 8. The highest BCUT2D eigenvalue weighted by molar-refractivity contribution is 7.99. The predicted molar refractivity (Wildman–Crippen MR) is 141 cm³/mol. The maximum absolute atomic E-state index is 13.7. The zero-order chi connectivity index (χ0) is 25.4. The van der Waals surface area contributed by atoms with Crippen LogP contribution in [0.1, 0.15) is 67.8 Å². The second kappa shape index (κ2) is 10.8. The first-order valence-electron chi connectivity index (χ1n) is 13.5. The number of ether oxygens (including phenoxy) is 1. The molecule has 1 aromatic rings. The van der Waals surface area contributed by atoms with E-state index in [0.717, 1.165) is 12.5 Å². The molecule has 3 saturated heterocycles. The number of carbonyl (C=O) groups excluding carboxylic acids is 3. The molecular weight excluding hydrogens is 474 g/mol.